The van der Waals surface area contributed by atoms with E-state index >= 15 is 0 Å². The van der Waals surface area contributed by atoms with Gasteiger partial charge in [0.1, 0.15) is 29.1 Å². The van der Waals surface area contributed by atoms with Crippen LogP contribution in [0.4, 0.5) is 0 Å². The number of aliphatic hydroxyl groups is 2. The van der Waals surface area contributed by atoms with E-state index in [-0.39, 0.29) is 17.1 Å². The summed E-state index contributed by atoms with van der Waals surface area (Å²) < 4.78 is 29.0. The highest BCUT2D eigenvalue weighted by atomic mass is 16.6. The van der Waals surface area contributed by atoms with Gasteiger partial charge in [0.2, 0.25) is 0 Å². The molecular formula is C31H33N3O8. The van der Waals surface area contributed by atoms with E-state index in [1.807, 2.05) is 30.3 Å². The molecule has 3 aromatic rings. The molecular weight excluding hydrogens is 542 g/mol. The number of aliphatic hydroxyl groups excluding tert-OH is 1. The zero-order chi connectivity index (χ0) is 29.9. The van der Waals surface area contributed by atoms with Crippen LogP contribution in [0.5, 0.6) is 23.0 Å². The second kappa shape index (κ2) is 11.8. The van der Waals surface area contributed by atoms with Crippen molar-refractivity contribution in [3.63, 3.8) is 0 Å². The van der Waals surface area contributed by atoms with Gasteiger partial charge >= 0.3 is 5.97 Å². The number of unbranched alkanes of at least 4 members (excludes halogenated alkanes) is 1. The summed E-state index contributed by atoms with van der Waals surface area (Å²) in [7, 11) is 4.25. The van der Waals surface area contributed by atoms with Crippen molar-refractivity contribution in [3.05, 3.63) is 93.9 Å². The fraction of sp³-hybridized carbons (Fsp3) is 0.387. The predicted molar refractivity (Wildman–Crippen MR) is 152 cm³/mol. The van der Waals surface area contributed by atoms with E-state index < -0.39 is 35.1 Å². The van der Waals surface area contributed by atoms with Crippen LogP contribution in [-0.4, -0.2) is 56.8 Å². The van der Waals surface area contributed by atoms with Gasteiger partial charge in [-0.1, -0.05) is 47.6 Å². The third-order valence-electron chi connectivity index (χ3n) is 8.18. The fourth-order valence-electron chi connectivity index (χ4n) is 6.39. The third kappa shape index (κ3) is 4.46. The predicted octanol–water partition coefficient (Wildman–Crippen LogP) is 4.60. The lowest BCUT2D eigenvalue weighted by atomic mass is 9.70. The molecule has 5 unspecified atom stereocenters. The molecule has 1 aliphatic heterocycles. The Hall–Kier alpha value is -4.44. The normalized spacial score (nSPS) is 25.4. The highest BCUT2D eigenvalue weighted by molar-refractivity contribution is 5.78. The van der Waals surface area contributed by atoms with Gasteiger partial charge in [0, 0.05) is 29.5 Å². The summed E-state index contributed by atoms with van der Waals surface area (Å²) in [5.74, 6) is -1.25. The van der Waals surface area contributed by atoms with Gasteiger partial charge < -0.3 is 33.9 Å². The summed E-state index contributed by atoms with van der Waals surface area (Å²) in [5.41, 5.74) is 6.04. The molecule has 11 heteroatoms. The Labute approximate surface area is 243 Å². The lowest BCUT2D eigenvalue weighted by Crippen LogP contribution is -2.52. The van der Waals surface area contributed by atoms with E-state index in [1.165, 1.54) is 14.2 Å². The minimum absolute atomic E-state index is 0.205. The Kier molecular flexibility index (Phi) is 8.17. The van der Waals surface area contributed by atoms with Crippen molar-refractivity contribution in [1.82, 2.24) is 0 Å². The maximum Gasteiger partial charge on any atom is 0.312 e. The molecule has 5 rings (SSSR count). The largest absolute Gasteiger partial charge is 0.497 e. The molecule has 1 saturated carbocycles. The molecule has 0 amide bonds. The summed E-state index contributed by atoms with van der Waals surface area (Å²) in [6, 6.07) is 19.4. The number of carbonyl (C=O) groups is 1. The Morgan fingerprint density at radius 1 is 1.02 bits per heavy atom. The molecule has 3 aromatic carbocycles. The number of ether oxygens (including phenoxy) is 5. The lowest BCUT2D eigenvalue weighted by molar-refractivity contribution is -0.161. The van der Waals surface area contributed by atoms with E-state index in [4.69, 9.17) is 29.2 Å². The van der Waals surface area contributed by atoms with Crippen molar-refractivity contribution in [3.8, 4) is 23.0 Å². The number of fused-ring (bicyclic) bond motifs is 3. The maximum atomic E-state index is 13.3. The molecule has 220 valence electrons. The van der Waals surface area contributed by atoms with Crippen molar-refractivity contribution in [2.45, 2.75) is 36.1 Å². The zero-order valence-electron chi connectivity index (χ0n) is 23.6. The Balaban J connectivity index is 1.69. The smallest absolute Gasteiger partial charge is 0.312 e. The number of carbonyl (C=O) groups excluding carboxylic acids is 1. The molecule has 11 nitrogen and oxygen atoms in total. The first kappa shape index (κ1) is 29.1. The Bertz CT molecular complexity index is 1480. The van der Waals surface area contributed by atoms with Gasteiger partial charge in [-0.25, -0.2) is 0 Å². The van der Waals surface area contributed by atoms with Crippen LogP contribution in [0.2, 0.25) is 0 Å². The molecule has 0 saturated heterocycles. The topological polar surface area (TPSA) is 152 Å². The maximum absolute atomic E-state index is 13.3. The molecule has 2 N–H and O–H groups in total. The van der Waals surface area contributed by atoms with Crippen LogP contribution < -0.4 is 18.9 Å². The lowest BCUT2D eigenvalue weighted by Gasteiger charge is -2.40. The average Bonchev–Trinajstić information content (AvgIpc) is 3.40. The monoisotopic (exact) mass is 575 g/mol. The highest BCUT2D eigenvalue weighted by Gasteiger charge is 2.78. The average molecular weight is 576 g/mol. The first-order valence-corrected chi connectivity index (χ1v) is 13.6. The number of azide groups is 1. The summed E-state index contributed by atoms with van der Waals surface area (Å²) in [6.45, 7) is 0.713. The van der Waals surface area contributed by atoms with Crippen molar-refractivity contribution in [2.24, 2.45) is 11.0 Å². The van der Waals surface area contributed by atoms with Crippen molar-refractivity contribution in [1.29, 1.82) is 0 Å². The minimum atomic E-state index is -2.14. The number of hydrogen-bond acceptors (Lipinski definition) is 9. The number of nitrogens with zero attached hydrogens (tertiary/aromatic N) is 3. The zero-order valence-corrected chi connectivity index (χ0v) is 23.6. The number of benzene rings is 3. The van der Waals surface area contributed by atoms with Crippen molar-refractivity contribution < 1.29 is 38.7 Å². The fourth-order valence-corrected chi connectivity index (χ4v) is 6.39. The Morgan fingerprint density at radius 2 is 1.76 bits per heavy atom. The van der Waals surface area contributed by atoms with Gasteiger partial charge in [-0.2, -0.15) is 0 Å². The van der Waals surface area contributed by atoms with Gasteiger partial charge in [0.25, 0.3) is 0 Å². The van der Waals surface area contributed by atoms with E-state index in [0.29, 0.717) is 48.6 Å². The Morgan fingerprint density at radius 3 is 2.40 bits per heavy atom. The quantitative estimate of drug-likeness (QED) is 0.111. The number of esters is 1. The van der Waals surface area contributed by atoms with Crippen molar-refractivity contribution in [2.75, 3.05) is 34.5 Å². The molecule has 1 aliphatic carbocycles. The summed E-state index contributed by atoms with van der Waals surface area (Å²) in [6.07, 6.45) is -0.336. The molecule has 42 heavy (non-hydrogen) atoms. The van der Waals surface area contributed by atoms with Gasteiger partial charge in [-0.15, -0.1) is 0 Å². The molecule has 0 aromatic heterocycles. The molecule has 0 radical (unpaired) electrons. The van der Waals surface area contributed by atoms with Crippen LogP contribution >= 0.6 is 0 Å². The van der Waals surface area contributed by atoms with Crippen molar-refractivity contribution >= 4 is 5.97 Å². The van der Waals surface area contributed by atoms with Crippen LogP contribution in [0.1, 0.15) is 35.4 Å². The minimum Gasteiger partial charge on any atom is -0.497 e. The first-order chi connectivity index (χ1) is 20.4. The molecule has 1 heterocycles. The molecule has 0 bridgehead atoms. The summed E-state index contributed by atoms with van der Waals surface area (Å²) in [4.78, 5) is 16.1. The first-order valence-electron chi connectivity index (χ1n) is 13.6. The number of hydrogen-bond donors (Lipinski definition) is 2. The van der Waals surface area contributed by atoms with Gasteiger partial charge in [0.05, 0.1) is 39.4 Å². The van der Waals surface area contributed by atoms with Crippen LogP contribution in [0.15, 0.2) is 71.8 Å². The van der Waals surface area contributed by atoms with E-state index in [1.54, 1.807) is 43.5 Å². The van der Waals surface area contributed by atoms with Gasteiger partial charge in [0.15, 0.2) is 11.2 Å². The van der Waals surface area contributed by atoms with Crippen LogP contribution in [0.3, 0.4) is 0 Å². The second-order valence-corrected chi connectivity index (χ2v) is 10.2. The molecule has 1 fully saturated rings. The SMILES string of the molecule is COC(=O)C1C(O)C2(O)c3c(OC)cc(OCCCCN=[N+]=[N-])cc3OC2(c2ccc(OC)cc2)C1c1ccccc1. The van der Waals surface area contributed by atoms with Gasteiger partial charge in [-0.05, 0) is 41.6 Å². The molecule has 5 atom stereocenters. The van der Waals surface area contributed by atoms with Crippen LogP contribution in [0, 0.1) is 5.92 Å². The summed E-state index contributed by atoms with van der Waals surface area (Å²) >= 11 is 0. The number of rotatable bonds is 11. The summed E-state index contributed by atoms with van der Waals surface area (Å²) in [5, 5.41) is 28.4. The van der Waals surface area contributed by atoms with Crippen LogP contribution in [0.25, 0.3) is 10.4 Å². The number of methoxy groups -OCH3 is 3. The van der Waals surface area contributed by atoms with E-state index in [9.17, 15) is 15.0 Å². The molecule has 0 spiro atoms. The van der Waals surface area contributed by atoms with E-state index in [2.05, 4.69) is 10.0 Å². The van der Waals surface area contributed by atoms with Crippen LogP contribution in [-0.2, 0) is 20.7 Å². The molecule has 2 aliphatic rings. The van der Waals surface area contributed by atoms with E-state index in [0.717, 1.165) is 0 Å². The third-order valence-corrected chi connectivity index (χ3v) is 8.18. The standard InChI is InChI=1S/C31H33N3O8/c1-38-21-13-11-20(12-14-21)31-26(19-9-5-4-6-10-19)25(29(36)40-3)28(35)30(31,37)27-23(39-2)17-22(18-24(27)42-31)41-16-8-7-15-33-34-32/h4-6,9-14,17-18,25-26,28,35,37H,7-8,15-16H2,1-3H3. The van der Waals surface area contributed by atoms with Gasteiger partial charge in [-0.3, -0.25) is 4.79 Å². The highest BCUT2D eigenvalue weighted by Crippen LogP contribution is 2.70. The second-order valence-electron chi connectivity index (χ2n) is 10.2.